The maximum absolute atomic E-state index is 10.6. The molecule has 2 aromatic carbocycles. The Labute approximate surface area is 132 Å². The SMILES string of the molecule is CCOc1ccc(Br)cc1C(O)c1ccc(C)c(Cl)c1. The van der Waals surface area contributed by atoms with E-state index in [1.54, 1.807) is 6.07 Å². The van der Waals surface area contributed by atoms with E-state index in [0.717, 1.165) is 21.2 Å². The molecule has 0 aliphatic heterocycles. The second-order valence-corrected chi connectivity index (χ2v) is 5.85. The van der Waals surface area contributed by atoms with Crippen molar-refractivity contribution in [1.82, 2.24) is 0 Å². The van der Waals surface area contributed by atoms with Crippen LogP contribution in [-0.2, 0) is 0 Å². The summed E-state index contributed by atoms with van der Waals surface area (Å²) >= 11 is 9.55. The molecular weight excluding hydrogens is 340 g/mol. The summed E-state index contributed by atoms with van der Waals surface area (Å²) in [7, 11) is 0. The number of aliphatic hydroxyl groups excluding tert-OH is 1. The van der Waals surface area contributed by atoms with Gasteiger partial charge >= 0.3 is 0 Å². The van der Waals surface area contributed by atoms with Gasteiger partial charge in [-0.2, -0.15) is 0 Å². The summed E-state index contributed by atoms with van der Waals surface area (Å²) in [5.41, 5.74) is 2.46. The molecule has 1 unspecified atom stereocenters. The highest BCUT2D eigenvalue weighted by Crippen LogP contribution is 2.33. The molecule has 2 aromatic rings. The lowest BCUT2D eigenvalue weighted by Gasteiger charge is -2.17. The maximum atomic E-state index is 10.6. The normalized spacial score (nSPS) is 12.2. The fourth-order valence-electron chi connectivity index (χ4n) is 1.98. The van der Waals surface area contributed by atoms with Gasteiger partial charge in [-0.15, -0.1) is 0 Å². The molecule has 2 rings (SSSR count). The number of ether oxygens (including phenoxy) is 1. The highest BCUT2D eigenvalue weighted by Gasteiger charge is 2.17. The molecule has 0 aliphatic carbocycles. The van der Waals surface area contributed by atoms with Crippen molar-refractivity contribution in [3.63, 3.8) is 0 Å². The number of aliphatic hydroxyl groups is 1. The lowest BCUT2D eigenvalue weighted by molar-refractivity contribution is 0.212. The third kappa shape index (κ3) is 3.35. The lowest BCUT2D eigenvalue weighted by Crippen LogP contribution is -2.04. The third-order valence-electron chi connectivity index (χ3n) is 3.08. The number of benzene rings is 2. The molecular formula is C16H16BrClO2. The van der Waals surface area contributed by atoms with E-state index in [2.05, 4.69) is 15.9 Å². The molecule has 0 spiro atoms. The van der Waals surface area contributed by atoms with Crippen LogP contribution < -0.4 is 4.74 Å². The van der Waals surface area contributed by atoms with E-state index in [4.69, 9.17) is 16.3 Å². The second kappa shape index (κ2) is 6.61. The fraction of sp³-hybridized carbons (Fsp3) is 0.250. The van der Waals surface area contributed by atoms with Gasteiger partial charge in [0.1, 0.15) is 11.9 Å². The third-order valence-corrected chi connectivity index (χ3v) is 3.98. The summed E-state index contributed by atoms with van der Waals surface area (Å²) < 4.78 is 6.47. The molecule has 0 amide bonds. The van der Waals surface area contributed by atoms with Crippen LogP contribution >= 0.6 is 27.5 Å². The van der Waals surface area contributed by atoms with Crippen LogP contribution in [-0.4, -0.2) is 11.7 Å². The van der Waals surface area contributed by atoms with E-state index >= 15 is 0 Å². The van der Waals surface area contributed by atoms with Crippen LogP contribution in [0.4, 0.5) is 0 Å². The van der Waals surface area contributed by atoms with E-state index in [-0.39, 0.29) is 0 Å². The van der Waals surface area contributed by atoms with Gasteiger partial charge in [-0.1, -0.05) is 39.7 Å². The first-order chi connectivity index (χ1) is 9.52. The van der Waals surface area contributed by atoms with Crippen molar-refractivity contribution in [1.29, 1.82) is 0 Å². The molecule has 0 saturated carbocycles. The minimum Gasteiger partial charge on any atom is -0.493 e. The van der Waals surface area contributed by atoms with Crippen LogP contribution in [0.5, 0.6) is 5.75 Å². The Balaban J connectivity index is 2.43. The van der Waals surface area contributed by atoms with E-state index < -0.39 is 6.10 Å². The van der Waals surface area contributed by atoms with Crippen LogP contribution in [0.1, 0.15) is 29.7 Å². The minimum atomic E-state index is -0.771. The molecule has 1 N–H and O–H groups in total. The van der Waals surface area contributed by atoms with Crippen molar-refractivity contribution in [3.05, 3.63) is 62.6 Å². The van der Waals surface area contributed by atoms with E-state index in [9.17, 15) is 5.11 Å². The monoisotopic (exact) mass is 354 g/mol. The van der Waals surface area contributed by atoms with Gasteiger partial charge in [-0.05, 0) is 49.2 Å². The Morgan fingerprint density at radius 3 is 2.65 bits per heavy atom. The predicted octanol–water partition coefficient (Wildman–Crippen LogP) is 4.89. The zero-order chi connectivity index (χ0) is 14.7. The summed E-state index contributed by atoms with van der Waals surface area (Å²) in [6, 6.07) is 11.2. The Kier molecular flexibility index (Phi) is 5.08. The number of hydrogen-bond acceptors (Lipinski definition) is 2. The summed E-state index contributed by atoms with van der Waals surface area (Å²) in [5.74, 6) is 0.680. The molecule has 0 aromatic heterocycles. The van der Waals surface area contributed by atoms with Gasteiger partial charge in [-0.25, -0.2) is 0 Å². The van der Waals surface area contributed by atoms with Gasteiger partial charge in [0.05, 0.1) is 6.61 Å². The first-order valence-corrected chi connectivity index (χ1v) is 7.56. The second-order valence-electron chi connectivity index (χ2n) is 4.53. The average Bonchev–Trinajstić information content (AvgIpc) is 2.43. The molecule has 0 radical (unpaired) electrons. The van der Waals surface area contributed by atoms with E-state index in [1.807, 2.05) is 44.2 Å². The van der Waals surface area contributed by atoms with Gasteiger partial charge in [0.15, 0.2) is 0 Å². The van der Waals surface area contributed by atoms with E-state index in [0.29, 0.717) is 17.4 Å². The van der Waals surface area contributed by atoms with Gasteiger partial charge in [0.25, 0.3) is 0 Å². The molecule has 0 bridgehead atoms. The standard InChI is InChI=1S/C16H16BrClO2/c1-3-20-15-7-6-12(17)9-13(15)16(19)11-5-4-10(2)14(18)8-11/h4-9,16,19H,3H2,1-2H3. The fourth-order valence-corrected chi connectivity index (χ4v) is 2.55. The van der Waals surface area contributed by atoms with Crippen LogP contribution in [0.25, 0.3) is 0 Å². The molecule has 0 heterocycles. The Hall–Kier alpha value is -1.03. The number of hydrogen-bond donors (Lipinski definition) is 1. The summed E-state index contributed by atoms with van der Waals surface area (Å²) in [4.78, 5) is 0. The summed E-state index contributed by atoms with van der Waals surface area (Å²) in [5, 5.41) is 11.2. The van der Waals surface area contributed by atoms with Crippen molar-refractivity contribution in [2.45, 2.75) is 20.0 Å². The van der Waals surface area contributed by atoms with Crippen molar-refractivity contribution in [2.24, 2.45) is 0 Å². The van der Waals surface area contributed by atoms with E-state index in [1.165, 1.54) is 0 Å². The van der Waals surface area contributed by atoms with Crippen LogP contribution in [0.3, 0.4) is 0 Å². The summed E-state index contributed by atoms with van der Waals surface area (Å²) in [6.07, 6.45) is -0.771. The topological polar surface area (TPSA) is 29.5 Å². The Morgan fingerprint density at radius 2 is 2.00 bits per heavy atom. The molecule has 0 saturated heterocycles. The number of rotatable bonds is 4. The number of halogens is 2. The molecule has 2 nitrogen and oxygen atoms in total. The van der Waals surface area contributed by atoms with Crippen molar-refractivity contribution >= 4 is 27.5 Å². The quantitative estimate of drug-likeness (QED) is 0.846. The van der Waals surface area contributed by atoms with Gasteiger partial charge < -0.3 is 9.84 Å². The molecule has 4 heteroatoms. The lowest BCUT2D eigenvalue weighted by atomic mass is 10.00. The van der Waals surface area contributed by atoms with Gasteiger partial charge in [-0.3, -0.25) is 0 Å². The molecule has 1 atom stereocenters. The molecule has 0 fully saturated rings. The van der Waals surface area contributed by atoms with Crippen LogP contribution in [0, 0.1) is 6.92 Å². The van der Waals surface area contributed by atoms with Crippen molar-refractivity contribution in [3.8, 4) is 5.75 Å². The van der Waals surface area contributed by atoms with Gasteiger partial charge in [0.2, 0.25) is 0 Å². The predicted molar refractivity (Wildman–Crippen MR) is 85.6 cm³/mol. The highest BCUT2D eigenvalue weighted by atomic mass is 79.9. The van der Waals surface area contributed by atoms with Crippen molar-refractivity contribution < 1.29 is 9.84 Å². The zero-order valence-electron chi connectivity index (χ0n) is 11.4. The first kappa shape index (κ1) is 15.4. The van der Waals surface area contributed by atoms with Crippen LogP contribution in [0.2, 0.25) is 5.02 Å². The first-order valence-electron chi connectivity index (χ1n) is 6.39. The highest BCUT2D eigenvalue weighted by molar-refractivity contribution is 9.10. The Morgan fingerprint density at radius 1 is 1.25 bits per heavy atom. The van der Waals surface area contributed by atoms with Crippen molar-refractivity contribution in [2.75, 3.05) is 6.61 Å². The summed E-state index contributed by atoms with van der Waals surface area (Å²) in [6.45, 7) is 4.40. The van der Waals surface area contributed by atoms with Crippen LogP contribution in [0.15, 0.2) is 40.9 Å². The Bertz CT molecular complexity index is 613. The maximum Gasteiger partial charge on any atom is 0.125 e. The molecule has 0 aliphatic rings. The smallest absolute Gasteiger partial charge is 0.125 e. The number of aryl methyl sites for hydroxylation is 1. The van der Waals surface area contributed by atoms with Gasteiger partial charge in [0, 0.05) is 15.1 Å². The largest absolute Gasteiger partial charge is 0.493 e. The molecule has 20 heavy (non-hydrogen) atoms. The molecule has 106 valence electrons. The zero-order valence-corrected chi connectivity index (χ0v) is 13.7. The minimum absolute atomic E-state index is 0.552. The average molecular weight is 356 g/mol.